The third-order valence-corrected chi connectivity index (χ3v) is 6.41. The fourth-order valence-electron chi connectivity index (χ4n) is 3.10. The summed E-state index contributed by atoms with van der Waals surface area (Å²) in [5.41, 5.74) is 4.81. The molecule has 23 heavy (non-hydrogen) atoms. The van der Waals surface area contributed by atoms with Gasteiger partial charge in [0.15, 0.2) is 0 Å². The molecule has 1 N–H and O–H groups in total. The minimum absolute atomic E-state index is 0.246. The number of phenols is 1. The Morgan fingerprint density at radius 1 is 1.09 bits per heavy atom. The minimum atomic E-state index is -3.53. The van der Waals surface area contributed by atoms with Gasteiger partial charge in [-0.05, 0) is 60.7 Å². The summed E-state index contributed by atoms with van der Waals surface area (Å²) in [7, 11) is -3.53. The molecule has 0 amide bonds. The summed E-state index contributed by atoms with van der Waals surface area (Å²) < 4.78 is 27.2. The molecule has 1 aliphatic heterocycles. The van der Waals surface area contributed by atoms with E-state index in [1.807, 2.05) is 32.9 Å². The lowest BCUT2D eigenvalue weighted by molar-refractivity contribution is 0.430. The fraction of sp³-hybridized carbons (Fsp3) is 0.333. The highest BCUT2D eigenvalue weighted by Crippen LogP contribution is 2.36. The van der Waals surface area contributed by atoms with E-state index in [0.717, 1.165) is 34.2 Å². The molecule has 0 aromatic heterocycles. The number of benzene rings is 2. The van der Waals surface area contributed by atoms with Crippen LogP contribution in [0, 0.1) is 13.8 Å². The molecule has 0 saturated carbocycles. The Bertz CT molecular complexity index is 855. The second-order valence-electron chi connectivity index (χ2n) is 6.08. The van der Waals surface area contributed by atoms with Gasteiger partial charge in [0, 0.05) is 13.1 Å². The molecule has 0 radical (unpaired) electrons. The molecule has 0 unspecified atom stereocenters. The van der Waals surface area contributed by atoms with E-state index in [9.17, 15) is 13.5 Å². The highest BCUT2D eigenvalue weighted by molar-refractivity contribution is 7.89. The summed E-state index contributed by atoms with van der Waals surface area (Å²) in [4.78, 5) is 0.316. The van der Waals surface area contributed by atoms with Crippen LogP contribution in [-0.2, 0) is 29.5 Å². The van der Waals surface area contributed by atoms with Gasteiger partial charge in [-0.25, -0.2) is 8.42 Å². The highest BCUT2D eigenvalue weighted by Gasteiger charge is 2.33. The summed E-state index contributed by atoms with van der Waals surface area (Å²) in [6.45, 7) is 6.48. The predicted molar refractivity (Wildman–Crippen MR) is 89.8 cm³/mol. The van der Waals surface area contributed by atoms with Gasteiger partial charge >= 0.3 is 0 Å². The molecule has 2 aromatic carbocycles. The Morgan fingerprint density at radius 2 is 1.70 bits per heavy atom. The summed E-state index contributed by atoms with van der Waals surface area (Å²) in [6.07, 6.45) is 0.772. The second kappa shape index (κ2) is 5.65. The van der Waals surface area contributed by atoms with Crippen LogP contribution in [0.25, 0.3) is 0 Å². The molecule has 0 saturated heterocycles. The Labute approximate surface area is 137 Å². The summed E-state index contributed by atoms with van der Waals surface area (Å²) in [5.74, 6) is 0.246. The van der Waals surface area contributed by atoms with Crippen molar-refractivity contribution in [1.82, 2.24) is 4.31 Å². The zero-order valence-electron chi connectivity index (χ0n) is 13.6. The van der Waals surface area contributed by atoms with Crippen LogP contribution in [0.3, 0.4) is 0 Å². The maximum atomic E-state index is 12.9. The molecule has 0 aliphatic carbocycles. The lowest BCUT2D eigenvalue weighted by Crippen LogP contribution is -2.25. The Balaban J connectivity index is 2.02. The molecule has 1 heterocycles. The van der Waals surface area contributed by atoms with Gasteiger partial charge < -0.3 is 5.11 Å². The average Bonchev–Trinajstić information content (AvgIpc) is 2.97. The van der Waals surface area contributed by atoms with Crippen molar-refractivity contribution in [2.75, 3.05) is 0 Å². The average molecular weight is 331 g/mol. The van der Waals surface area contributed by atoms with Crippen molar-refractivity contribution in [2.24, 2.45) is 0 Å². The molecule has 0 spiro atoms. The molecule has 5 heteroatoms. The third-order valence-electron chi connectivity index (χ3n) is 4.61. The topological polar surface area (TPSA) is 57.6 Å². The fourth-order valence-corrected chi connectivity index (χ4v) is 4.48. The predicted octanol–water partition coefficient (Wildman–Crippen LogP) is 3.28. The van der Waals surface area contributed by atoms with E-state index in [4.69, 9.17) is 0 Å². The van der Waals surface area contributed by atoms with Crippen molar-refractivity contribution in [1.29, 1.82) is 0 Å². The first-order chi connectivity index (χ1) is 10.8. The van der Waals surface area contributed by atoms with Crippen LogP contribution in [-0.4, -0.2) is 17.8 Å². The Hall–Kier alpha value is -1.85. The van der Waals surface area contributed by atoms with Crippen molar-refractivity contribution in [3.05, 3.63) is 58.1 Å². The van der Waals surface area contributed by atoms with Crippen molar-refractivity contribution in [3.8, 4) is 5.75 Å². The summed E-state index contributed by atoms with van der Waals surface area (Å²) in [6, 6.07) is 8.68. The number of hydrogen-bond donors (Lipinski definition) is 1. The van der Waals surface area contributed by atoms with E-state index in [0.29, 0.717) is 18.0 Å². The molecule has 1 aliphatic rings. The van der Waals surface area contributed by atoms with Crippen LogP contribution in [0.1, 0.15) is 34.7 Å². The normalized spacial score (nSPS) is 14.9. The lowest BCUT2D eigenvalue weighted by atomic mass is 9.96. The summed E-state index contributed by atoms with van der Waals surface area (Å²) in [5, 5.41) is 10.1. The van der Waals surface area contributed by atoms with E-state index in [1.165, 1.54) is 4.31 Å². The highest BCUT2D eigenvalue weighted by atomic mass is 32.2. The van der Waals surface area contributed by atoms with Crippen LogP contribution in [0.2, 0.25) is 0 Å². The van der Waals surface area contributed by atoms with Crippen LogP contribution in [0.5, 0.6) is 5.75 Å². The van der Waals surface area contributed by atoms with E-state index in [1.54, 1.807) is 18.2 Å². The zero-order chi connectivity index (χ0) is 16.8. The molecule has 122 valence electrons. The van der Waals surface area contributed by atoms with Gasteiger partial charge in [0.1, 0.15) is 5.75 Å². The van der Waals surface area contributed by atoms with Crippen molar-refractivity contribution in [2.45, 2.75) is 45.2 Å². The lowest BCUT2D eigenvalue weighted by Gasteiger charge is -2.16. The Morgan fingerprint density at radius 3 is 2.30 bits per heavy atom. The van der Waals surface area contributed by atoms with Gasteiger partial charge in [0.25, 0.3) is 0 Å². The van der Waals surface area contributed by atoms with Gasteiger partial charge in [-0.2, -0.15) is 4.31 Å². The number of fused-ring (bicyclic) bond motifs is 1. The molecule has 4 nitrogen and oxygen atoms in total. The maximum absolute atomic E-state index is 12.9. The van der Waals surface area contributed by atoms with E-state index < -0.39 is 10.0 Å². The first-order valence-electron chi connectivity index (χ1n) is 7.74. The zero-order valence-corrected chi connectivity index (χ0v) is 14.4. The largest absolute Gasteiger partial charge is 0.508 e. The van der Waals surface area contributed by atoms with E-state index in [-0.39, 0.29) is 5.75 Å². The van der Waals surface area contributed by atoms with Gasteiger partial charge in [-0.3, -0.25) is 0 Å². The standard InChI is InChI=1S/C18H21NO3S/c1-4-14-9-18(20)13(3)16-10-19(11-17(14)16)23(21,22)15-7-5-12(2)6-8-15/h5-9,20H,4,10-11H2,1-3H3. The maximum Gasteiger partial charge on any atom is 0.243 e. The molecule has 3 rings (SSSR count). The number of aryl methyl sites for hydroxylation is 2. The van der Waals surface area contributed by atoms with E-state index >= 15 is 0 Å². The number of rotatable bonds is 3. The van der Waals surface area contributed by atoms with Crippen molar-refractivity contribution >= 4 is 10.0 Å². The van der Waals surface area contributed by atoms with Crippen molar-refractivity contribution in [3.63, 3.8) is 0 Å². The molecular weight excluding hydrogens is 310 g/mol. The molecule has 0 bridgehead atoms. The molecular formula is C18H21NO3S. The Kier molecular flexibility index (Phi) is 3.94. The van der Waals surface area contributed by atoms with Gasteiger partial charge in [0.05, 0.1) is 4.90 Å². The number of nitrogens with zero attached hydrogens (tertiary/aromatic N) is 1. The number of hydrogen-bond acceptors (Lipinski definition) is 3. The van der Waals surface area contributed by atoms with Crippen LogP contribution in [0.4, 0.5) is 0 Å². The number of aromatic hydroxyl groups is 1. The second-order valence-corrected chi connectivity index (χ2v) is 8.01. The molecule has 2 aromatic rings. The molecule has 0 fully saturated rings. The van der Waals surface area contributed by atoms with E-state index in [2.05, 4.69) is 0 Å². The van der Waals surface area contributed by atoms with Gasteiger partial charge in [-0.1, -0.05) is 24.6 Å². The first-order valence-corrected chi connectivity index (χ1v) is 9.18. The quantitative estimate of drug-likeness (QED) is 0.939. The third kappa shape index (κ3) is 2.64. The summed E-state index contributed by atoms with van der Waals surface area (Å²) >= 11 is 0. The molecule has 0 atom stereocenters. The van der Waals surface area contributed by atoms with Crippen LogP contribution < -0.4 is 0 Å². The minimum Gasteiger partial charge on any atom is -0.508 e. The van der Waals surface area contributed by atoms with Gasteiger partial charge in [0.2, 0.25) is 10.0 Å². The van der Waals surface area contributed by atoms with Crippen LogP contribution >= 0.6 is 0 Å². The monoisotopic (exact) mass is 331 g/mol. The smallest absolute Gasteiger partial charge is 0.243 e. The first kappa shape index (κ1) is 16.0. The number of sulfonamides is 1. The number of phenolic OH excluding ortho intramolecular Hbond substituents is 1. The van der Waals surface area contributed by atoms with Crippen LogP contribution in [0.15, 0.2) is 35.2 Å². The van der Waals surface area contributed by atoms with Crippen molar-refractivity contribution < 1.29 is 13.5 Å². The SMILES string of the molecule is CCc1cc(O)c(C)c2c1CN(S(=O)(=O)c1ccc(C)cc1)C2. The van der Waals surface area contributed by atoms with Gasteiger partial charge in [-0.15, -0.1) is 0 Å².